The molecule has 0 rings (SSSR count). The highest BCUT2D eigenvalue weighted by molar-refractivity contribution is 6.67. The molecule has 0 spiro atoms. The largest absolute Gasteiger partial charge is 0.502 e. The van der Waals surface area contributed by atoms with Gasteiger partial charge in [0.15, 0.2) is 3.79 Å². The van der Waals surface area contributed by atoms with E-state index < -0.39 is 3.79 Å². The number of hydrogen-bond donors (Lipinski definition) is 0. The van der Waals surface area contributed by atoms with E-state index in [1.54, 1.807) is 6.26 Å². The predicted molar refractivity (Wildman–Crippen MR) is 50.3 cm³/mol. The van der Waals surface area contributed by atoms with Gasteiger partial charge in [-0.15, -0.1) is 0 Å². The smallest absolute Gasteiger partial charge is 0.194 e. The highest BCUT2D eigenvalue weighted by Gasteiger charge is 2.19. The summed E-state index contributed by atoms with van der Waals surface area (Å²) in [6, 6.07) is 0. The van der Waals surface area contributed by atoms with Gasteiger partial charge in [-0.25, -0.2) is 0 Å². The fourth-order valence-electron chi connectivity index (χ4n) is 0.583. The second kappa shape index (κ2) is 5.13. The fraction of sp³-hybridized carbons (Fsp3) is 0.714. The summed E-state index contributed by atoms with van der Waals surface area (Å²) < 4.78 is 3.79. The first-order valence-electron chi connectivity index (χ1n) is 3.29. The molecular formula is C7H11Cl3O. The first-order valence-corrected chi connectivity index (χ1v) is 4.43. The van der Waals surface area contributed by atoms with Gasteiger partial charge in [-0.05, 0) is 19.4 Å². The highest BCUT2D eigenvalue weighted by Crippen LogP contribution is 2.32. The monoisotopic (exact) mass is 216 g/mol. The van der Waals surface area contributed by atoms with E-state index in [0.717, 1.165) is 5.57 Å². The van der Waals surface area contributed by atoms with Gasteiger partial charge in [0.1, 0.15) is 0 Å². The molecular weight excluding hydrogens is 206 g/mol. The third-order valence-corrected chi connectivity index (χ3v) is 1.33. The van der Waals surface area contributed by atoms with Gasteiger partial charge in [0.2, 0.25) is 0 Å². The zero-order valence-corrected chi connectivity index (χ0v) is 8.80. The van der Waals surface area contributed by atoms with E-state index in [1.807, 2.05) is 13.8 Å². The van der Waals surface area contributed by atoms with Gasteiger partial charge in [0.25, 0.3) is 0 Å². The Kier molecular flexibility index (Phi) is 5.32. The van der Waals surface area contributed by atoms with Crippen molar-refractivity contribution in [2.45, 2.75) is 24.1 Å². The molecule has 0 aromatic heterocycles. The molecule has 0 heterocycles. The van der Waals surface area contributed by atoms with Crippen molar-refractivity contribution in [1.29, 1.82) is 0 Å². The Morgan fingerprint density at radius 1 is 1.45 bits per heavy atom. The molecule has 66 valence electrons. The minimum Gasteiger partial charge on any atom is -0.502 e. The van der Waals surface area contributed by atoms with Crippen molar-refractivity contribution in [3.05, 3.63) is 11.8 Å². The third kappa shape index (κ3) is 8.32. The van der Waals surface area contributed by atoms with Crippen LogP contribution in [0, 0.1) is 0 Å². The van der Waals surface area contributed by atoms with Crippen LogP contribution in [0.15, 0.2) is 11.8 Å². The van der Waals surface area contributed by atoms with Gasteiger partial charge in [0, 0.05) is 6.42 Å². The Hall–Kier alpha value is 0.410. The van der Waals surface area contributed by atoms with E-state index in [1.165, 1.54) is 0 Å². The van der Waals surface area contributed by atoms with Crippen molar-refractivity contribution in [2.24, 2.45) is 0 Å². The molecule has 0 fully saturated rings. The van der Waals surface area contributed by atoms with Crippen LogP contribution in [0.3, 0.4) is 0 Å². The van der Waals surface area contributed by atoms with E-state index in [-0.39, 0.29) is 0 Å². The molecule has 11 heavy (non-hydrogen) atoms. The van der Waals surface area contributed by atoms with Crippen LogP contribution in [-0.2, 0) is 4.74 Å². The van der Waals surface area contributed by atoms with Crippen LogP contribution in [0.1, 0.15) is 20.3 Å². The number of alkyl halides is 3. The standard InChI is InChI=1S/C7H11Cl3O/c1-3-11-5-6(2)4-7(8,9)10/h5H,3-4H2,1-2H3. The summed E-state index contributed by atoms with van der Waals surface area (Å²) in [5, 5.41) is 0. The first-order chi connectivity index (χ1) is 4.95. The molecule has 0 aliphatic heterocycles. The maximum Gasteiger partial charge on any atom is 0.194 e. The summed E-state index contributed by atoms with van der Waals surface area (Å²) in [6.45, 7) is 4.40. The maximum absolute atomic E-state index is 5.54. The Labute approximate surface area is 82.3 Å². The molecule has 0 saturated carbocycles. The molecule has 0 radical (unpaired) electrons. The second-order valence-electron chi connectivity index (χ2n) is 2.21. The van der Waals surface area contributed by atoms with E-state index in [4.69, 9.17) is 39.5 Å². The molecule has 0 saturated heterocycles. The van der Waals surface area contributed by atoms with Crippen molar-refractivity contribution in [2.75, 3.05) is 6.61 Å². The van der Waals surface area contributed by atoms with Gasteiger partial charge in [-0.2, -0.15) is 0 Å². The molecule has 0 aromatic carbocycles. The van der Waals surface area contributed by atoms with Crippen molar-refractivity contribution < 1.29 is 4.74 Å². The van der Waals surface area contributed by atoms with E-state index >= 15 is 0 Å². The molecule has 0 aromatic rings. The number of rotatable bonds is 3. The van der Waals surface area contributed by atoms with Crippen LogP contribution < -0.4 is 0 Å². The molecule has 0 amide bonds. The predicted octanol–water partition coefficient (Wildman–Crippen LogP) is 3.69. The second-order valence-corrected chi connectivity index (χ2v) is 4.73. The summed E-state index contributed by atoms with van der Waals surface area (Å²) >= 11 is 16.6. The average molecular weight is 218 g/mol. The Balaban J connectivity index is 3.76. The summed E-state index contributed by atoms with van der Waals surface area (Å²) in [6.07, 6.45) is 2.01. The molecule has 0 bridgehead atoms. The topological polar surface area (TPSA) is 9.23 Å². The zero-order chi connectivity index (χ0) is 8.91. The SMILES string of the molecule is CCOC=C(C)CC(Cl)(Cl)Cl. The van der Waals surface area contributed by atoms with Crippen LogP contribution >= 0.6 is 34.8 Å². The van der Waals surface area contributed by atoms with Crippen molar-refractivity contribution in [3.63, 3.8) is 0 Å². The van der Waals surface area contributed by atoms with Crippen molar-refractivity contribution in [3.8, 4) is 0 Å². The van der Waals surface area contributed by atoms with Crippen LogP contribution in [0.25, 0.3) is 0 Å². The molecule has 1 nitrogen and oxygen atoms in total. The third-order valence-electron chi connectivity index (χ3n) is 0.930. The normalized spacial score (nSPS) is 13.4. The van der Waals surface area contributed by atoms with E-state index in [0.29, 0.717) is 13.0 Å². The summed E-state index contributed by atoms with van der Waals surface area (Å²) in [4.78, 5) is 0. The number of halogens is 3. The lowest BCUT2D eigenvalue weighted by atomic mass is 10.3. The lowest BCUT2D eigenvalue weighted by Crippen LogP contribution is -2.02. The molecule has 4 heteroatoms. The Morgan fingerprint density at radius 2 is 2.00 bits per heavy atom. The van der Waals surface area contributed by atoms with Gasteiger partial charge < -0.3 is 4.74 Å². The molecule has 0 aliphatic rings. The summed E-state index contributed by atoms with van der Waals surface area (Å²) in [5.41, 5.74) is 0.923. The molecule has 0 N–H and O–H groups in total. The lowest BCUT2D eigenvalue weighted by Gasteiger charge is -2.10. The summed E-state index contributed by atoms with van der Waals surface area (Å²) in [7, 11) is 0. The van der Waals surface area contributed by atoms with Gasteiger partial charge in [0.05, 0.1) is 12.9 Å². The minimum absolute atomic E-state index is 0.400. The fourth-order valence-corrected chi connectivity index (χ4v) is 1.22. The molecule has 0 atom stereocenters. The summed E-state index contributed by atoms with van der Waals surface area (Å²) in [5.74, 6) is 0. The maximum atomic E-state index is 5.54. The van der Waals surface area contributed by atoms with Gasteiger partial charge >= 0.3 is 0 Å². The van der Waals surface area contributed by atoms with Crippen molar-refractivity contribution >= 4 is 34.8 Å². The van der Waals surface area contributed by atoms with Crippen LogP contribution in [-0.4, -0.2) is 10.4 Å². The number of ether oxygens (including phenoxy) is 1. The van der Waals surface area contributed by atoms with E-state index in [2.05, 4.69) is 0 Å². The zero-order valence-electron chi connectivity index (χ0n) is 6.53. The number of hydrogen-bond acceptors (Lipinski definition) is 1. The van der Waals surface area contributed by atoms with Crippen LogP contribution in [0.5, 0.6) is 0 Å². The molecule has 0 aliphatic carbocycles. The quantitative estimate of drug-likeness (QED) is 0.517. The van der Waals surface area contributed by atoms with Gasteiger partial charge in [-0.1, -0.05) is 34.8 Å². The Bertz CT molecular complexity index is 137. The lowest BCUT2D eigenvalue weighted by molar-refractivity contribution is 0.265. The van der Waals surface area contributed by atoms with Gasteiger partial charge in [-0.3, -0.25) is 0 Å². The first kappa shape index (κ1) is 11.4. The minimum atomic E-state index is -1.21. The average Bonchev–Trinajstić information content (AvgIpc) is 1.79. The van der Waals surface area contributed by atoms with E-state index in [9.17, 15) is 0 Å². The number of allylic oxidation sites excluding steroid dienone is 1. The van der Waals surface area contributed by atoms with Crippen LogP contribution in [0.4, 0.5) is 0 Å². The Morgan fingerprint density at radius 3 is 2.36 bits per heavy atom. The molecule has 0 unspecified atom stereocenters. The highest BCUT2D eigenvalue weighted by atomic mass is 35.6. The van der Waals surface area contributed by atoms with Crippen LogP contribution in [0.2, 0.25) is 0 Å². The van der Waals surface area contributed by atoms with Crippen molar-refractivity contribution in [1.82, 2.24) is 0 Å².